The number of ether oxygens (including phenoxy) is 1. The van der Waals surface area contributed by atoms with E-state index in [0.29, 0.717) is 36.4 Å². The Morgan fingerprint density at radius 3 is 2.70 bits per heavy atom. The Labute approximate surface area is 174 Å². The van der Waals surface area contributed by atoms with Gasteiger partial charge in [0.15, 0.2) is 17.2 Å². The van der Waals surface area contributed by atoms with Crippen molar-refractivity contribution < 1.29 is 17.5 Å². The molecule has 0 radical (unpaired) electrons. The first-order chi connectivity index (χ1) is 14.2. The van der Waals surface area contributed by atoms with E-state index in [1.54, 1.807) is 16.6 Å². The number of imidazole rings is 1. The molecule has 0 saturated carbocycles. The maximum absolute atomic E-state index is 14.3. The zero-order chi connectivity index (χ0) is 21.6. The van der Waals surface area contributed by atoms with E-state index < -0.39 is 15.8 Å². The number of nitrogens with one attached hydrogen (secondary N) is 1. The van der Waals surface area contributed by atoms with Crippen molar-refractivity contribution >= 4 is 21.4 Å². The summed E-state index contributed by atoms with van der Waals surface area (Å²) in [6.07, 6.45) is 1.87. The number of anilines is 1. The Bertz CT molecular complexity index is 1220. The van der Waals surface area contributed by atoms with Crippen LogP contribution in [0.4, 0.5) is 10.1 Å². The molecule has 0 aliphatic carbocycles. The van der Waals surface area contributed by atoms with Crippen LogP contribution in [0.3, 0.4) is 0 Å². The lowest BCUT2D eigenvalue weighted by molar-refractivity contribution is 0.386. The van der Waals surface area contributed by atoms with E-state index >= 15 is 0 Å². The van der Waals surface area contributed by atoms with E-state index in [9.17, 15) is 12.8 Å². The van der Waals surface area contributed by atoms with Crippen LogP contribution in [0.25, 0.3) is 16.9 Å². The molecule has 1 saturated heterocycles. The maximum Gasteiger partial charge on any atom is 0.209 e. The number of hydrogen-bond acceptors (Lipinski definition) is 6. The molecular formula is C20H24FN5O3S. The maximum atomic E-state index is 14.3. The summed E-state index contributed by atoms with van der Waals surface area (Å²) in [6.45, 7) is 5.00. The molecule has 0 unspecified atom stereocenters. The Balaban J connectivity index is 1.77. The second-order valence-electron chi connectivity index (χ2n) is 7.62. The summed E-state index contributed by atoms with van der Waals surface area (Å²) in [5, 5.41) is 4.62. The van der Waals surface area contributed by atoms with E-state index in [4.69, 9.17) is 9.72 Å². The third-order valence-electron chi connectivity index (χ3n) is 5.20. The average molecular weight is 434 g/mol. The molecule has 1 N–H and O–H groups in total. The molecule has 160 valence electrons. The fourth-order valence-electron chi connectivity index (χ4n) is 3.99. The number of aromatic nitrogens is 3. The van der Waals surface area contributed by atoms with Crippen LogP contribution in [0.5, 0.6) is 5.75 Å². The molecule has 3 heterocycles. The summed E-state index contributed by atoms with van der Waals surface area (Å²) in [4.78, 5) is 6.82. The highest BCUT2D eigenvalue weighted by Crippen LogP contribution is 2.32. The summed E-state index contributed by atoms with van der Waals surface area (Å²) in [6, 6.07) is 6.58. The Morgan fingerprint density at radius 2 is 2.03 bits per heavy atom. The van der Waals surface area contributed by atoms with Crippen molar-refractivity contribution in [2.24, 2.45) is 0 Å². The van der Waals surface area contributed by atoms with E-state index in [1.807, 2.05) is 19.9 Å². The number of nitrogens with zero attached hydrogens (tertiary/aromatic N) is 4. The third kappa shape index (κ3) is 3.84. The first-order valence-corrected chi connectivity index (χ1v) is 11.5. The van der Waals surface area contributed by atoms with E-state index in [-0.39, 0.29) is 11.8 Å². The molecule has 1 aliphatic rings. The third-order valence-corrected chi connectivity index (χ3v) is 5.96. The quantitative estimate of drug-likeness (QED) is 0.664. The van der Waals surface area contributed by atoms with Gasteiger partial charge in [-0.15, -0.1) is 0 Å². The van der Waals surface area contributed by atoms with Gasteiger partial charge in [0, 0.05) is 24.7 Å². The molecule has 4 rings (SSSR count). The molecule has 3 aromatic rings. The van der Waals surface area contributed by atoms with Crippen molar-refractivity contribution in [2.45, 2.75) is 26.3 Å². The molecule has 30 heavy (non-hydrogen) atoms. The molecule has 10 heteroatoms. The molecule has 1 aromatic carbocycles. The van der Waals surface area contributed by atoms with Crippen molar-refractivity contribution in [2.75, 3.05) is 31.4 Å². The van der Waals surface area contributed by atoms with Gasteiger partial charge in [-0.25, -0.2) is 27.0 Å². The highest BCUT2D eigenvalue weighted by atomic mass is 32.2. The molecule has 0 bridgehead atoms. The van der Waals surface area contributed by atoms with Gasteiger partial charge >= 0.3 is 0 Å². The molecular weight excluding hydrogens is 409 g/mol. The Hall–Kier alpha value is -2.72. The van der Waals surface area contributed by atoms with Crippen LogP contribution >= 0.6 is 0 Å². The highest BCUT2D eigenvalue weighted by molar-refractivity contribution is 7.88. The van der Waals surface area contributed by atoms with Crippen LogP contribution in [0.15, 0.2) is 24.3 Å². The van der Waals surface area contributed by atoms with Crippen LogP contribution in [-0.4, -0.2) is 55.5 Å². The summed E-state index contributed by atoms with van der Waals surface area (Å²) in [7, 11) is -1.84. The van der Waals surface area contributed by atoms with Crippen molar-refractivity contribution in [3.8, 4) is 17.0 Å². The molecule has 1 atom stereocenters. The molecule has 0 spiro atoms. The topological polar surface area (TPSA) is 88.8 Å². The van der Waals surface area contributed by atoms with Gasteiger partial charge in [0.1, 0.15) is 0 Å². The Morgan fingerprint density at radius 1 is 1.27 bits per heavy atom. The second kappa shape index (κ2) is 7.51. The first kappa shape index (κ1) is 20.5. The average Bonchev–Trinajstić information content (AvgIpc) is 3.23. The lowest BCUT2D eigenvalue weighted by Crippen LogP contribution is -2.36. The molecule has 8 nitrogen and oxygen atoms in total. The number of aryl methyl sites for hydroxylation is 2. The number of hydrogen-bond donors (Lipinski definition) is 1. The van der Waals surface area contributed by atoms with Gasteiger partial charge in [-0.3, -0.25) is 0 Å². The summed E-state index contributed by atoms with van der Waals surface area (Å²) >= 11 is 0. The zero-order valence-corrected chi connectivity index (χ0v) is 18.1. The van der Waals surface area contributed by atoms with E-state index in [0.717, 1.165) is 17.1 Å². The molecule has 1 fully saturated rings. The van der Waals surface area contributed by atoms with Gasteiger partial charge in [-0.1, -0.05) is 0 Å². The lowest BCUT2D eigenvalue weighted by atomic mass is 10.1. The number of benzene rings is 1. The monoisotopic (exact) mass is 433 g/mol. The van der Waals surface area contributed by atoms with Gasteiger partial charge in [-0.05, 0) is 44.5 Å². The van der Waals surface area contributed by atoms with Crippen molar-refractivity contribution in [1.82, 2.24) is 19.3 Å². The predicted molar refractivity (Wildman–Crippen MR) is 113 cm³/mol. The van der Waals surface area contributed by atoms with Crippen LogP contribution in [0.2, 0.25) is 0 Å². The van der Waals surface area contributed by atoms with Crippen molar-refractivity contribution in [3.05, 3.63) is 41.5 Å². The highest BCUT2D eigenvalue weighted by Gasteiger charge is 2.28. The number of methoxy groups -OCH3 is 1. The second-order valence-corrected chi connectivity index (χ2v) is 9.40. The lowest BCUT2D eigenvalue weighted by Gasteiger charge is -2.20. The summed E-state index contributed by atoms with van der Waals surface area (Å²) < 4.78 is 46.9. The van der Waals surface area contributed by atoms with Gasteiger partial charge in [-0.2, -0.15) is 5.10 Å². The van der Waals surface area contributed by atoms with Crippen LogP contribution in [0.1, 0.15) is 17.8 Å². The van der Waals surface area contributed by atoms with Crippen LogP contribution < -0.4 is 14.4 Å². The molecule has 1 aliphatic heterocycles. The zero-order valence-electron chi connectivity index (χ0n) is 17.3. The predicted octanol–water partition coefficient (Wildman–Crippen LogP) is 2.29. The Kier molecular flexibility index (Phi) is 5.15. The number of fused-ring (bicyclic) bond motifs is 1. The van der Waals surface area contributed by atoms with Crippen molar-refractivity contribution in [3.63, 3.8) is 0 Å². The van der Waals surface area contributed by atoms with Crippen molar-refractivity contribution in [1.29, 1.82) is 0 Å². The molecule has 0 amide bonds. The minimum atomic E-state index is -3.27. The number of rotatable bonds is 5. The molecule has 2 aromatic heterocycles. The summed E-state index contributed by atoms with van der Waals surface area (Å²) in [5.74, 6) is -0.275. The van der Waals surface area contributed by atoms with Gasteiger partial charge in [0.25, 0.3) is 0 Å². The fraction of sp³-hybridized carbons (Fsp3) is 0.400. The van der Waals surface area contributed by atoms with Gasteiger partial charge < -0.3 is 9.64 Å². The van der Waals surface area contributed by atoms with Gasteiger partial charge in [0.05, 0.1) is 36.1 Å². The summed E-state index contributed by atoms with van der Waals surface area (Å²) in [5.41, 5.74) is 4.41. The minimum Gasteiger partial charge on any atom is -0.494 e. The van der Waals surface area contributed by atoms with E-state index in [2.05, 4.69) is 14.7 Å². The standard InChI is InChI=1S/C20H24FN5O3S/c1-12-9-17(25-8-7-15(11-25)24-30(4,27)28)20-22-13(2)19(26(20)23-12)14-5-6-18(29-3)16(21)10-14/h5-6,9-10,15,24H,7-8,11H2,1-4H3/t15-/m1/s1. The number of sulfonamides is 1. The smallest absolute Gasteiger partial charge is 0.209 e. The minimum absolute atomic E-state index is 0.153. The van der Waals surface area contributed by atoms with Crippen LogP contribution in [0, 0.1) is 19.7 Å². The van der Waals surface area contributed by atoms with Gasteiger partial charge in [0.2, 0.25) is 10.0 Å². The largest absolute Gasteiger partial charge is 0.494 e. The first-order valence-electron chi connectivity index (χ1n) is 9.59. The fourth-order valence-corrected chi connectivity index (χ4v) is 4.78. The SMILES string of the molecule is COc1ccc(-c2c(C)nc3c(N4CC[C@@H](NS(C)(=O)=O)C4)cc(C)nn23)cc1F. The number of halogens is 1. The normalized spacial score (nSPS) is 17.1. The van der Waals surface area contributed by atoms with Crippen LogP contribution in [-0.2, 0) is 10.0 Å². The van der Waals surface area contributed by atoms with E-state index in [1.165, 1.54) is 19.4 Å².